The molecule has 0 aliphatic carbocycles. The van der Waals surface area contributed by atoms with Crippen LogP contribution >= 0.6 is 11.3 Å². The van der Waals surface area contributed by atoms with E-state index >= 15 is 0 Å². The molecule has 1 unspecified atom stereocenters. The molecule has 0 spiro atoms. The number of thiophene rings is 1. The van der Waals surface area contributed by atoms with E-state index < -0.39 is 0 Å². The van der Waals surface area contributed by atoms with Crippen LogP contribution in [0.3, 0.4) is 0 Å². The van der Waals surface area contributed by atoms with Gasteiger partial charge in [0.25, 0.3) is 0 Å². The van der Waals surface area contributed by atoms with Crippen LogP contribution < -0.4 is 26.4 Å². The fourth-order valence-electron chi connectivity index (χ4n) is 4.25. The van der Waals surface area contributed by atoms with Crippen LogP contribution in [0.2, 0.25) is 0 Å². The van der Waals surface area contributed by atoms with E-state index in [0.29, 0.717) is 25.0 Å². The van der Waals surface area contributed by atoms with Crippen LogP contribution in [0.5, 0.6) is 0 Å². The molecule has 3 aliphatic heterocycles. The van der Waals surface area contributed by atoms with E-state index in [4.69, 9.17) is 0 Å². The van der Waals surface area contributed by atoms with Gasteiger partial charge in [-0.25, -0.2) is 4.98 Å². The number of hydrogen-bond acceptors (Lipinski definition) is 7. The third kappa shape index (κ3) is 3.82. The van der Waals surface area contributed by atoms with Gasteiger partial charge in [0.15, 0.2) is 11.3 Å². The molecule has 9 heteroatoms. The highest BCUT2D eigenvalue weighted by atomic mass is 32.1. The fraction of sp³-hybridized carbons (Fsp3) is 0.550. The lowest BCUT2D eigenvalue weighted by Crippen LogP contribution is -2.47. The Hall–Kier alpha value is -2.23. The molecule has 2 aromatic heterocycles. The molecule has 3 aliphatic rings. The molecule has 29 heavy (non-hydrogen) atoms. The number of aliphatic hydroxyl groups excluding tert-OH is 1. The van der Waals surface area contributed by atoms with Crippen LogP contribution in [0.15, 0.2) is 17.1 Å². The van der Waals surface area contributed by atoms with E-state index in [9.17, 15) is 9.90 Å². The van der Waals surface area contributed by atoms with Gasteiger partial charge in [0.05, 0.1) is 21.3 Å². The number of aromatic nitrogens is 2. The molecule has 4 N–H and O–H groups in total. The molecule has 8 nitrogen and oxygen atoms in total. The Morgan fingerprint density at radius 2 is 2.28 bits per heavy atom. The zero-order valence-electron chi connectivity index (χ0n) is 16.3. The van der Waals surface area contributed by atoms with Crippen molar-refractivity contribution in [2.24, 2.45) is 4.99 Å². The van der Waals surface area contributed by atoms with Crippen LogP contribution in [-0.2, 0) is 4.79 Å². The van der Waals surface area contributed by atoms with Crippen LogP contribution in [-0.4, -0.2) is 65.9 Å². The van der Waals surface area contributed by atoms with Gasteiger partial charge < -0.3 is 25.6 Å². The number of rotatable bonds is 4. The van der Waals surface area contributed by atoms with Crippen LogP contribution in [0.1, 0.15) is 25.7 Å². The predicted octanol–water partition coefficient (Wildman–Crippen LogP) is -0.249. The first-order valence-electron chi connectivity index (χ1n) is 10.4. The Kier molecular flexibility index (Phi) is 5.11. The van der Waals surface area contributed by atoms with Crippen molar-refractivity contribution in [2.75, 3.05) is 37.6 Å². The maximum Gasteiger partial charge on any atom is 0.249 e. The lowest BCUT2D eigenvalue weighted by Gasteiger charge is -2.24. The molecule has 0 bridgehead atoms. The summed E-state index contributed by atoms with van der Waals surface area (Å²) in [5.74, 6) is 0.740. The number of carbonyl (C=O) groups is 1. The Bertz CT molecular complexity index is 1020. The molecule has 5 rings (SSSR count). The number of hydrogen-bond donors (Lipinski definition) is 4. The molecule has 2 aromatic rings. The van der Waals surface area contributed by atoms with Crippen molar-refractivity contribution in [3.8, 4) is 10.7 Å². The second kappa shape index (κ2) is 7.89. The molecular weight excluding hydrogens is 388 g/mol. The molecule has 2 fully saturated rings. The molecule has 2 saturated heterocycles. The highest BCUT2D eigenvalue weighted by Gasteiger charge is 2.24. The average molecular weight is 415 g/mol. The quantitative estimate of drug-likeness (QED) is 0.552. The number of aromatic amines is 1. The maximum absolute atomic E-state index is 12.9. The minimum Gasteiger partial charge on any atom is -0.391 e. The normalized spacial score (nSPS) is 24.3. The van der Waals surface area contributed by atoms with Crippen molar-refractivity contribution in [1.82, 2.24) is 20.6 Å². The topological polar surface area (TPSA) is 106 Å². The Morgan fingerprint density at radius 3 is 3.07 bits per heavy atom. The largest absolute Gasteiger partial charge is 0.391 e. The van der Waals surface area contributed by atoms with Gasteiger partial charge in [-0.15, -0.1) is 11.3 Å². The summed E-state index contributed by atoms with van der Waals surface area (Å²) >= 11 is 1.65. The second-order valence-electron chi connectivity index (χ2n) is 7.94. The van der Waals surface area contributed by atoms with E-state index in [1.165, 1.54) is 0 Å². The van der Waals surface area contributed by atoms with Gasteiger partial charge in [-0.1, -0.05) is 0 Å². The fourth-order valence-corrected chi connectivity index (χ4v) is 5.23. The van der Waals surface area contributed by atoms with E-state index in [2.05, 4.69) is 36.6 Å². The molecular formula is C20H26N6O2S. The van der Waals surface area contributed by atoms with Gasteiger partial charge in [0.2, 0.25) is 5.91 Å². The number of H-pyrrole nitrogens is 1. The van der Waals surface area contributed by atoms with Gasteiger partial charge in [-0.3, -0.25) is 9.79 Å². The van der Waals surface area contributed by atoms with E-state index in [1.807, 2.05) is 6.07 Å². The maximum atomic E-state index is 12.9. The third-order valence-corrected chi connectivity index (χ3v) is 6.97. The molecule has 0 saturated carbocycles. The summed E-state index contributed by atoms with van der Waals surface area (Å²) in [6.45, 7) is 3.99. The molecule has 1 amide bonds. The number of anilines is 1. The highest BCUT2D eigenvalue weighted by Crippen LogP contribution is 2.33. The summed E-state index contributed by atoms with van der Waals surface area (Å²) < 4.78 is 0. The Balaban J connectivity index is 1.41. The van der Waals surface area contributed by atoms with Gasteiger partial charge in [0, 0.05) is 37.8 Å². The number of piperidine rings is 1. The average Bonchev–Trinajstić information content (AvgIpc) is 3.46. The van der Waals surface area contributed by atoms with Crippen molar-refractivity contribution < 1.29 is 9.90 Å². The number of nitrogens with zero attached hydrogens (tertiary/aromatic N) is 3. The summed E-state index contributed by atoms with van der Waals surface area (Å²) in [7, 11) is 0. The van der Waals surface area contributed by atoms with Crippen LogP contribution in [0.25, 0.3) is 16.3 Å². The minimum atomic E-state index is -0.245. The SMILES string of the molecule is O=C(N[C@H]1CCCNC1)C1=c2[nH]c(-c3ccc(N4CCC(O)C4)s3)nc2=NCC1. The Morgan fingerprint density at radius 1 is 1.34 bits per heavy atom. The number of nitrogens with one attached hydrogen (secondary N) is 3. The molecule has 2 atom stereocenters. The first-order valence-corrected chi connectivity index (χ1v) is 11.2. The lowest BCUT2D eigenvalue weighted by molar-refractivity contribution is -0.116. The van der Waals surface area contributed by atoms with E-state index in [1.54, 1.807) is 11.3 Å². The predicted molar refractivity (Wildman–Crippen MR) is 112 cm³/mol. The first-order chi connectivity index (χ1) is 14.2. The zero-order chi connectivity index (χ0) is 19.8. The van der Waals surface area contributed by atoms with Crippen molar-refractivity contribution in [1.29, 1.82) is 0 Å². The third-order valence-electron chi connectivity index (χ3n) is 5.82. The van der Waals surface area contributed by atoms with Crippen LogP contribution in [0, 0.1) is 0 Å². The summed E-state index contributed by atoms with van der Waals surface area (Å²) in [6, 6.07) is 4.30. The monoisotopic (exact) mass is 414 g/mol. The molecule has 0 aromatic carbocycles. The second-order valence-corrected chi connectivity index (χ2v) is 9.00. The molecule has 5 heterocycles. The summed E-state index contributed by atoms with van der Waals surface area (Å²) in [6.07, 6.45) is 3.29. The van der Waals surface area contributed by atoms with Crippen molar-refractivity contribution in [3.63, 3.8) is 0 Å². The van der Waals surface area contributed by atoms with Crippen LogP contribution in [0.4, 0.5) is 5.00 Å². The van der Waals surface area contributed by atoms with Crippen molar-refractivity contribution in [3.05, 3.63) is 23.0 Å². The number of fused-ring (bicyclic) bond motifs is 1. The minimum absolute atomic E-state index is 0.0111. The number of amides is 1. The zero-order valence-corrected chi connectivity index (χ0v) is 17.1. The van der Waals surface area contributed by atoms with Crippen molar-refractivity contribution in [2.45, 2.75) is 37.8 Å². The standard InChI is InChI=1S/C20H26N6O2S/c27-13-6-9-26(11-13)16-4-3-15(29-16)18-24-17-14(5-8-22-19(17)25-18)20(28)23-12-2-1-7-21-10-12/h3-4,12-13,21,27H,1-2,5-11H2,(H,23,28)(H,22,24,25)/t12-,13?/m0/s1. The van der Waals surface area contributed by atoms with E-state index in [0.717, 1.165) is 65.5 Å². The number of aliphatic hydroxyl groups is 1. The first kappa shape index (κ1) is 18.8. The summed E-state index contributed by atoms with van der Waals surface area (Å²) in [4.78, 5) is 28.6. The van der Waals surface area contributed by atoms with Gasteiger partial charge in [-0.2, -0.15) is 0 Å². The number of imidazole rings is 1. The van der Waals surface area contributed by atoms with Gasteiger partial charge >= 0.3 is 0 Å². The summed E-state index contributed by atoms with van der Waals surface area (Å²) in [5, 5.41) is 18.2. The number of carbonyl (C=O) groups excluding carboxylic acids is 1. The summed E-state index contributed by atoms with van der Waals surface area (Å²) in [5.41, 5.74) is 1.38. The molecule has 0 radical (unpaired) electrons. The highest BCUT2D eigenvalue weighted by molar-refractivity contribution is 7.19. The smallest absolute Gasteiger partial charge is 0.249 e. The van der Waals surface area contributed by atoms with Gasteiger partial charge in [-0.05, 0) is 44.4 Å². The Labute approximate surface area is 172 Å². The number of β-amino-alcohol motifs (C(OH)–C–C–N with tert-alkyl or cyclic N) is 1. The molecule has 154 valence electrons. The van der Waals surface area contributed by atoms with E-state index in [-0.39, 0.29) is 18.1 Å². The lowest BCUT2D eigenvalue weighted by atomic mass is 10.1. The van der Waals surface area contributed by atoms with Gasteiger partial charge in [0.1, 0.15) is 0 Å². The van der Waals surface area contributed by atoms with Crippen molar-refractivity contribution >= 4 is 27.8 Å².